The molecule has 164 valence electrons. The van der Waals surface area contributed by atoms with Crippen LogP contribution in [0.3, 0.4) is 0 Å². The van der Waals surface area contributed by atoms with E-state index < -0.39 is 29.4 Å². The van der Waals surface area contributed by atoms with Crippen molar-refractivity contribution < 1.29 is 24.2 Å². The van der Waals surface area contributed by atoms with Gasteiger partial charge in [0.15, 0.2) is 17.2 Å². The van der Waals surface area contributed by atoms with Crippen LogP contribution in [-0.4, -0.2) is 55.4 Å². The fourth-order valence-corrected chi connectivity index (χ4v) is 6.44. The van der Waals surface area contributed by atoms with Crippen LogP contribution in [0.2, 0.25) is 5.15 Å². The number of carboxylic acid groups (broad SMARTS) is 1. The third kappa shape index (κ3) is 2.34. The van der Waals surface area contributed by atoms with Gasteiger partial charge in [-0.15, -0.1) is 0 Å². The lowest BCUT2D eigenvalue weighted by Gasteiger charge is -2.46. The first-order valence-electron chi connectivity index (χ1n) is 10.6. The van der Waals surface area contributed by atoms with E-state index in [0.29, 0.717) is 35.3 Å². The fourth-order valence-electron chi connectivity index (χ4n) is 6.16. The molecule has 0 spiro atoms. The summed E-state index contributed by atoms with van der Waals surface area (Å²) in [6.07, 6.45) is 2.31. The van der Waals surface area contributed by atoms with E-state index in [1.165, 1.54) is 0 Å². The van der Waals surface area contributed by atoms with Crippen molar-refractivity contribution in [1.82, 2.24) is 14.5 Å². The molecule has 0 aromatic carbocycles. The van der Waals surface area contributed by atoms with Crippen molar-refractivity contribution in [3.63, 3.8) is 0 Å². The fraction of sp³-hybridized carbons (Fsp3) is 0.619. The predicted octanol–water partition coefficient (Wildman–Crippen LogP) is 3.03. The van der Waals surface area contributed by atoms with Crippen molar-refractivity contribution >= 4 is 40.2 Å². The van der Waals surface area contributed by atoms with Gasteiger partial charge in [0.05, 0.1) is 23.6 Å². The summed E-state index contributed by atoms with van der Waals surface area (Å²) in [4.78, 5) is 34.1. The maximum atomic E-state index is 12.6. The van der Waals surface area contributed by atoms with Gasteiger partial charge in [-0.05, 0) is 33.6 Å². The number of aromatic nitrogens is 3. The van der Waals surface area contributed by atoms with Gasteiger partial charge in [-0.25, -0.2) is 9.97 Å². The van der Waals surface area contributed by atoms with Crippen LogP contribution in [0.5, 0.6) is 0 Å². The molecule has 0 amide bonds. The SMILES string of the molecule is CC1CC(=O)c2c(Cl)nc3c(ncn3[C@H]3[C@@H]4OC(C)(C)O[C@@H]4[C@]4(C(=O)O)CC[C@H]34)c2N1. The van der Waals surface area contributed by atoms with Crippen molar-refractivity contribution in [1.29, 1.82) is 0 Å². The number of halogens is 1. The van der Waals surface area contributed by atoms with Gasteiger partial charge in [0, 0.05) is 18.4 Å². The lowest BCUT2D eigenvalue weighted by molar-refractivity contribution is -0.202. The number of ketones is 1. The minimum Gasteiger partial charge on any atom is -0.481 e. The number of carbonyl (C=O) groups excluding carboxylic acids is 1. The summed E-state index contributed by atoms with van der Waals surface area (Å²) < 4.78 is 14.2. The average molecular weight is 447 g/mol. The summed E-state index contributed by atoms with van der Waals surface area (Å²) in [6, 6.07) is -0.346. The molecule has 9 nitrogen and oxygen atoms in total. The van der Waals surface area contributed by atoms with Crippen LogP contribution in [0.4, 0.5) is 5.69 Å². The van der Waals surface area contributed by atoms with Gasteiger partial charge in [0.25, 0.3) is 0 Å². The molecule has 1 saturated heterocycles. The summed E-state index contributed by atoms with van der Waals surface area (Å²) in [7, 11) is 0. The summed E-state index contributed by atoms with van der Waals surface area (Å²) in [5.74, 6) is -1.95. The van der Waals surface area contributed by atoms with E-state index >= 15 is 0 Å². The minimum atomic E-state index is -0.986. The molecule has 0 radical (unpaired) electrons. The number of imidazole rings is 1. The van der Waals surface area contributed by atoms with Crippen LogP contribution in [0.1, 0.15) is 56.4 Å². The number of carbonyl (C=O) groups is 2. The van der Waals surface area contributed by atoms with Crippen LogP contribution < -0.4 is 5.32 Å². The highest BCUT2D eigenvalue weighted by atomic mass is 35.5. The van der Waals surface area contributed by atoms with Crippen LogP contribution in [0.15, 0.2) is 6.33 Å². The lowest BCUT2D eigenvalue weighted by Crippen LogP contribution is -2.52. The molecule has 4 heterocycles. The molecule has 10 heteroatoms. The Morgan fingerprint density at radius 3 is 2.84 bits per heavy atom. The molecule has 2 aromatic heterocycles. The smallest absolute Gasteiger partial charge is 0.312 e. The number of ether oxygens (including phenoxy) is 2. The third-order valence-corrected chi connectivity index (χ3v) is 7.74. The number of Topliss-reactive ketones (excluding diaryl/α,β-unsaturated/α-hetero) is 1. The Hall–Kier alpha value is -2.23. The van der Waals surface area contributed by atoms with E-state index in [-0.39, 0.29) is 28.9 Å². The highest BCUT2D eigenvalue weighted by Gasteiger charge is 2.74. The van der Waals surface area contributed by atoms with Crippen LogP contribution in [0, 0.1) is 11.3 Å². The van der Waals surface area contributed by atoms with Gasteiger partial charge in [0.1, 0.15) is 28.3 Å². The standard InChI is InChI=1S/C21H23ClN4O5/c1-8-6-10(27)11-12(24-8)13-18(25-17(11)22)26(7-23-13)14-9-4-5-21(9,19(28)29)16-15(14)30-20(2,3)31-16/h7-9,14-16,24H,4-6H2,1-3H3,(H,28,29)/t8?,9-,14-,15+,16+,21+/m1/s1. The Morgan fingerprint density at radius 1 is 1.39 bits per heavy atom. The maximum absolute atomic E-state index is 12.6. The van der Waals surface area contributed by atoms with Crippen molar-refractivity contribution in [3.05, 3.63) is 17.0 Å². The molecule has 0 bridgehead atoms. The normalized spacial score (nSPS) is 37.7. The van der Waals surface area contributed by atoms with Gasteiger partial charge in [0.2, 0.25) is 0 Å². The van der Waals surface area contributed by atoms with Crippen LogP contribution in [0.25, 0.3) is 11.2 Å². The van der Waals surface area contributed by atoms with E-state index in [0.717, 1.165) is 6.42 Å². The van der Waals surface area contributed by atoms with Gasteiger partial charge in [-0.2, -0.15) is 0 Å². The van der Waals surface area contributed by atoms with E-state index in [1.807, 2.05) is 11.5 Å². The number of anilines is 1. The second-order valence-electron chi connectivity index (χ2n) is 9.65. The number of rotatable bonds is 2. The van der Waals surface area contributed by atoms with Gasteiger partial charge < -0.3 is 24.5 Å². The number of carboxylic acids is 1. The van der Waals surface area contributed by atoms with E-state index in [1.54, 1.807) is 20.2 Å². The molecule has 6 rings (SSSR count). The molecule has 3 fully saturated rings. The molecule has 1 unspecified atom stereocenters. The predicted molar refractivity (Wildman–Crippen MR) is 110 cm³/mol. The number of fused-ring (bicyclic) bond motifs is 6. The Balaban J connectivity index is 1.53. The summed E-state index contributed by atoms with van der Waals surface area (Å²) in [6.45, 7) is 5.54. The molecular weight excluding hydrogens is 424 g/mol. The Labute approximate surface area is 183 Å². The molecular formula is C21H23ClN4O5. The Bertz CT molecular complexity index is 1160. The van der Waals surface area contributed by atoms with Gasteiger partial charge >= 0.3 is 5.97 Å². The summed E-state index contributed by atoms with van der Waals surface area (Å²) >= 11 is 6.45. The zero-order valence-corrected chi connectivity index (χ0v) is 18.1. The quantitative estimate of drug-likeness (QED) is 0.676. The molecule has 6 atom stereocenters. The molecule has 2 aliphatic carbocycles. The zero-order valence-electron chi connectivity index (χ0n) is 17.4. The largest absolute Gasteiger partial charge is 0.481 e. The monoisotopic (exact) mass is 446 g/mol. The minimum absolute atomic E-state index is 0.0404. The van der Waals surface area contributed by atoms with E-state index in [2.05, 4.69) is 15.3 Å². The number of nitrogens with zero attached hydrogens (tertiary/aromatic N) is 3. The van der Waals surface area contributed by atoms with E-state index in [4.69, 9.17) is 21.1 Å². The number of hydrogen-bond acceptors (Lipinski definition) is 7. The Kier molecular flexibility index (Phi) is 3.74. The first-order valence-corrected chi connectivity index (χ1v) is 11.0. The first-order chi connectivity index (χ1) is 14.6. The summed E-state index contributed by atoms with van der Waals surface area (Å²) in [5.41, 5.74) is 1.05. The number of hydrogen-bond donors (Lipinski definition) is 2. The molecule has 2 N–H and O–H groups in total. The maximum Gasteiger partial charge on any atom is 0.312 e. The lowest BCUT2D eigenvalue weighted by atomic mass is 9.60. The van der Waals surface area contributed by atoms with Crippen molar-refractivity contribution in [2.45, 2.75) is 70.1 Å². The topological polar surface area (TPSA) is 116 Å². The molecule has 4 aliphatic rings. The highest BCUT2D eigenvalue weighted by molar-refractivity contribution is 6.34. The number of aliphatic carboxylic acids is 1. The van der Waals surface area contributed by atoms with Gasteiger partial charge in [-0.1, -0.05) is 11.6 Å². The number of nitrogens with one attached hydrogen (secondary N) is 1. The van der Waals surface area contributed by atoms with Crippen LogP contribution >= 0.6 is 11.6 Å². The van der Waals surface area contributed by atoms with Gasteiger partial charge in [-0.3, -0.25) is 9.59 Å². The number of pyridine rings is 1. The van der Waals surface area contributed by atoms with Crippen molar-refractivity contribution in [3.8, 4) is 0 Å². The molecule has 2 aliphatic heterocycles. The van der Waals surface area contributed by atoms with Crippen molar-refractivity contribution in [2.24, 2.45) is 11.3 Å². The first kappa shape index (κ1) is 19.5. The zero-order chi connectivity index (χ0) is 21.9. The molecule has 2 aromatic rings. The van der Waals surface area contributed by atoms with Crippen molar-refractivity contribution in [2.75, 3.05) is 5.32 Å². The second kappa shape index (κ2) is 5.96. The highest BCUT2D eigenvalue weighted by Crippen LogP contribution is 2.66. The Morgan fingerprint density at radius 2 is 2.16 bits per heavy atom. The summed E-state index contributed by atoms with van der Waals surface area (Å²) in [5, 5.41) is 13.6. The second-order valence-corrected chi connectivity index (χ2v) is 10.0. The van der Waals surface area contributed by atoms with Crippen LogP contribution in [-0.2, 0) is 14.3 Å². The third-order valence-electron chi connectivity index (χ3n) is 7.46. The van der Waals surface area contributed by atoms with E-state index in [9.17, 15) is 14.7 Å². The molecule has 31 heavy (non-hydrogen) atoms. The molecule has 2 saturated carbocycles. The average Bonchev–Trinajstić information content (AvgIpc) is 3.23.